The molecule has 0 saturated heterocycles. The molecule has 0 unspecified atom stereocenters. The zero-order valence-electron chi connectivity index (χ0n) is 8.55. The summed E-state index contributed by atoms with van der Waals surface area (Å²) in [6.45, 7) is 0. The average Bonchev–Trinajstić information content (AvgIpc) is 2.25. The van der Waals surface area contributed by atoms with Gasteiger partial charge in [0.1, 0.15) is 0 Å². The Labute approximate surface area is 101 Å². The van der Waals surface area contributed by atoms with Crippen LogP contribution in [0.25, 0.3) is 0 Å². The Kier molecular flexibility index (Phi) is 3.71. The van der Waals surface area contributed by atoms with E-state index in [1.54, 1.807) is 0 Å². The lowest BCUT2D eigenvalue weighted by Gasteiger charge is -2.16. The summed E-state index contributed by atoms with van der Waals surface area (Å²) in [4.78, 5) is 0. The third-order valence-electron chi connectivity index (χ3n) is 2.84. The molecule has 1 aromatic rings. The smallest absolute Gasteiger partial charge is 0.0595 e. The summed E-state index contributed by atoms with van der Waals surface area (Å²) < 4.78 is 0. The maximum absolute atomic E-state index is 5.98. The van der Waals surface area contributed by atoms with Crippen molar-refractivity contribution in [1.82, 2.24) is 0 Å². The fraction of sp³-hybridized carbons (Fsp3) is 0.385. The third kappa shape index (κ3) is 2.99. The van der Waals surface area contributed by atoms with E-state index in [-0.39, 0.29) is 0 Å². The number of benzene rings is 1. The standard InChI is InChI=1S/C13H14Cl2/c14-12-7-6-11(9-13(12)15)8-10-4-2-1-3-5-10/h2,4,6-7,9-10H,1,3,5,8H2/t10-/m0/s1. The molecule has 0 bridgehead atoms. The topological polar surface area (TPSA) is 0 Å². The molecule has 2 rings (SSSR count). The average molecular weight is 241 g/mol. The van der Waals surface area contributed by atoms with Gasteiger partial charge in [-0.3, -0.25) is 0 Å². The van der Waals surface area contributed by atoms with Gasteiger partial charge in [0.15, 0.2) is 0 Å². The number of hydrogen-bond acceptors (Lipinski definition) is 0. The SMILES string of the molecule is Clc1ccc(C[C@H]2C=CCCC2)cc1Cl. The van der Waals surface area contributed by atoms with Crippen LogP contribution in [-0.2, 0) is 6.42 Å². The second kappa shape index (κ2) is 5.05. The monoisotopic (exact) mass is 240 g/mol. The lowest BCUT2D eigenvalue weighted by atomic mass is 9.90. The molecule has 80 valence electrons. The van der Waals surface area contributed by atoms with E-state index in [1.807, 2.05) is 12.1 Å². The summed E-state index contributed by atoms with van der Waals surface area (Å²) in [5, 5.41) is 1.30. The Morgan fingerprint density at radius 3 is 2.73 bits per heavy atom. The molecule has 0 fully saturated rings. The Hall–Kier alpha value is -0.460. The fourth-order valence-electron chi connectivity index (χ4n) is 2.02. The molecule has 0 radical (unpaired) electrons. The molecule has 0 spiro atoms. The first kappa shape index (κ1) is 11.0. The molecule has 1 aliphatic carbocycles. The van der Waals surface area contributed by atoms with Gasteiger partial charge in [-0.15, -0.1) is 0 Å². The second-order valence-corrected chi connectivity index (χ2v) is 4.89. The first-order chi connectivity index (χ1) is 7.25. The van der Waals surface area contributed by atoms with Crippen LogP contribution in [0.4, 0.5) is 0 Å². The summed E-state index contributed by atoms with van der Waals surface area (Å²) >= 11 is 11.9. The van der Waals surface area contributed by atoms with Crippen LogP contribution in [0.1, 0.15) is 24.8 Å². The molecule has 0 amide bonds. The lowest BCUT2D eigenvalue weighted by molar-refractivity contribution is 0.539. The van der Waals surface area contributed by atoms with Crippen LogP contribution in [0.15, 0.2) is 30.4 Å². The van der Waals surface area contributed by atoms with E-state index < -0.39 is 0 Å². The van der Waals surface area contributed by atoms with Gasteiger partial charge in [-0.1, -0.05) is 41.4 Å². The number of hydrogen-bond donors (Lipinski definition) is 0. The van der Waals surface area contributed by atoms with Crippen LogP contribution >= 0.6 is 23.2 Å². The van der Waals surface area contributed by atoms with E-state index in [1.165, 1.54) is 24.8 Å². The Morgan fingerprint density at radius 1 is 1.20 bits per heavy atom. The van der Waals surface area contributed by atoms with Gasteiger partial charge in [-0.05, 0) is 49.3 Å². The predicted octanol–water partition coefficient (Wildman–Crippen LogP) is 4.89. The second-order valence-electron chi connectivity index (χ2n) is 4.07. The van der Waals surface area contributed by atoms with E-state index in [2.05, 4.69) is 18.2 Å². The van der Waals surface area contributed by atoms with Gasteiger partial charge >= 0.3 is 0 Å². The molecule has 0 aliphatic heterocycles. The minimum atomic E-state index is 0.639. The van der Waals surface area contributed by atoms with Gasteiger partial charge < -0.3 is 0 Å². The van der Waals surface area contributed by atoms with Crippen molar-refractivity contribution < 1.29 is 0 Å². The molecule has 1 aliphatic rings. The van der Waals surface area contributed by atoms with E-state index in [0.29, 0.717) is 16.0 Å². The van der Waals surface area contributed by atoms with Crippen molar-refractivity contribution in [3.8, 4) is 0 Å². The zero-order chi connectivity index (χ0) is 10.7. The van der Waals surface area contributed by atoms with Crippen molar-refractivity contribution in [2.45, 2.75) is 25.7 Å². The zero-order valence-corrected chi connectivity index (χ0v) is 10.1. The van der Waals surface area contributed by atoms with Crippen LogP contribution in [0.3, 0.4) is 0 Å². The van der Waals surface area contributed by atoms with Crippen molar-refractivity contribution in [1.29, 1.82) is 0 Å². The van der Waals surface area contributed by atoms with Crippen LogP contribution in [0.2, 0.25) is 10.0 Å². The van der Waals surface area contributed by atoms with Gasteiger partial charge in [0.05, 0.1) is 10.0 Å². The van der Waals surface area contributed by atoms with E-state index in [0.717, 1.165) is 6.42 Å². The molecule has 0 aromatic heterocycles. The molecule has 0 nitrogen and oxygen atoms in total. The highest BCUT2D eigenvalue weighted by atomic mass is 35.5. The minimum Gasteiger partial charge on any atom is -0.0882 e. The van der Waals surface area contributed by atoms with Crippen molar-refractivity contribution in [2.75, 3.05) is 0 Å². The van der Waals surface area contributed by atoms with Gasteiger partial charge in [0, 0.05) is 0 Å². The number of rotatable bonds is 2. The highest BCUT2D eigenvalue weighted by Crippen LogP contribution is 2.26. The maximum Gasteiger partial charge on any atom is 0.0595 e. The van der Waals surface area contributed by atoms with Crippen molar-refractivity contribution in [3.63, 3.8) is 0 Å². The van der Waals surface area contributed by atoms with E-state index in [4.69, 9.17) is 23.2 Å². The van der Waals surface area contributed by atoms with Gasteiger partial charge in [0.2, 0.25) is 0 Å². The molecule has 0 saturated carbocycles. The summed E-state index contributed by atoms with van der Waals surface area (Å²) in [5.41, 5.74) is 1.28. The fourth-order valence-corrected chi connectivity index (χ4v) is 2.34. The lowest BCUT2D eigenvalue weighted by Crippen LogP contribution is -2.04. The van der Waals surface area contributed by atoms with Crippen LogP contribution in [0.5, 0.6) is 0 Å². The normalized spacial score (nSPS) is 20.5. The van der Waals surface area contributed by atoms with Crippen molar-refractivity contribution in [3.05, 3.63) is 46.0 Å². The quantitative estimate of drug-likeness (QED) is 0.646. The van der Waals surface area contributed by atoms with E-state index >= 15 is 0 Å². The third-order valence-corrected chi connectivity index (χ3v) is 3.57. The number of allylic oxidation sites excluding steroid dienone is 2. The molecule has 0 N–H and O–H groups in total. The van der Waals surface area contributed by atoms with Gasteiger partial charge in [0.25, 0.3) is 0 Å². The molecule has 2 heteroatoms. The highest BCUT2D eigenvalue weighted by Gasteiger charge is 2.09. The Morgan fingerprint density at radius 2 is 2.07 bits per heavy atom. The predicted molar refractivity (Wildman–Crippen MR) is 66.6 cm³/mol. The molecular weight excluding hydrogens is 227 g/mol. The van der Waals surface area contributed by atoms with Crippen LogP contribution in [0, 0.1) is 5.92 Å². The Balaban J connectivity index is 2.07. The molecule has 1 aromatic carbocycles. The summed E-state index contributed by atoms with van der Waals surface area (Å²) in [6.07, 6.45) is 9.52. The summed E-state index contributed by atoms with van der Waals surface area (Å²) in [7, 11) is 0. The summed E-state index contributed by atoms with van der Waals surface area (Å²) in [5.74, 6) is 0.677. The molecule has 15 heavy (non-hydrogen) atoms. The first-order valence-electron chi connectivity index (χ1n) is 5.36. The van der Waals surface area contributed by atoms with Gasteiger partial charge in [-0.2, -0.15) is 0 Å². The molecule has 1 atom stereocenters. The van der Waals surface area contributed by atoms with Crippen molar-refractivity contribution >= 4 is 23.2 Å². The van der Waals surface area contributed by atoms with Gasteiger partial charge in [-0.25, -0.2) is 0 Å². The Bertz CT molecular complexity index is 369. The van der Waals surface area contributed by atoms with E-state index in [9.17, 15) is 0 Å². The molecule has 0 heterocycles. The van der Waals surface area contributed by atoms with Crippen molar-refractivity contribution in [2.24, 2.45) is 5.92 Å². The highest BCUT2D eigenvalue weighted by molar-refractivity contribution is 6.42. The largest absolute Gasteiger partial charge is 0.0882 e. The van der Waals surface area contributed by atoms with Crippen LogP contribution < -0.4 is 0 Å². The van der Waals surface area contributed by atoms with Crippen LogP contribution in [-0.4, -0.2) is 0 Å². The minimum absolute atomic E-state index is 0.639. The number of halogens is 2. The molecular formula is C13H14Cl2. The summed E-state index contributed by atoms with van der Waals surface area (Å²) in [6, 6.07) is 5.93. The first-order valence-corrected chi connectivity index (χ1v) is 6.12. The maximum atomic E-state index is 5.98.